The van der Waals surface area contributed by atoms with Gasteiger partial charge in [0, 0.05) is 6.54 Å². The smallest absolute Gasteiger partial charge is 0.245 e. The average molecular weight is 370 g/mol. The lowest BCUT2D eigenvalue weighted by Crippen LogP contribution is -2.57. The maximum Gasteiger partial charge on any atom is 0.245 e. The number of carbonyl (C=O) groups excluding carboxylic acids is 3. The number of nitrogens with one attached hydrogen (secondary N) is 3. The summed E-state index contributed by atoms with van der Waals surface area (Å²) < 4.78 is 0. The van der Waals surface area contributed by atoms with Gasteiger partial charge in [0.2, 0.25) is 11.8 Å². The Labute approximate surface area is 155 Å². The van der Waals surface area contributed by atoms with Gasteiger partial charge in [0.1, 0.15) is 6.04 Å². The van der Waals surface area contributed by atoms with Gasteiger partial charge < -0.3 is 26.8 Å². The normalized spacial score (nSPS) is 23.3. The minimum absolute atomic E-state index is 0.204. The van der Waals surface area contributed by atoms with Gasteiger partial charge in [0.15, 0.2) is 5.78 Å². The minimum Gasteiger partial charge on any atom is -0.391 e. The zero-order chi connectivity index (χ0) is 19.9. The molecule has 0 unspecified atom stereocenters. The van der Waals surface area contributed by atoms with Crippen molar-refractivity contribution in [1.29, 1.82) is 0 Å². The van der Waals surface area contributed by atoms with Gasteiger partial charge >= 0.3 is 0 Å². The van der Waals surface area contributed by atoms with E-state index in [-0.39, 0.29) is 30.1 Å². The van der Waals surface area contributed by atoms with Crippen molar-refractivity contribution in [2.24, 2.45) is 23.5 Å². The second-order valence-corrected chi connectivity index (χ2v) is 7.63. The van der Waals surface area contributed by atoms with E-state index in [1.165, 1.54) is 13.8 Å². The molecule has 5 atom stereocenters. The highest BCUT2D eigenvalue weighted by Gasteiger charge is 2.36. The Morgan fingerprint density at radius 2 is 1.85 bits per heavy atom. The molecular formula is C18H34N4O4. The first-order chi connectivity index (χ1) is 12.2. The van der Waals surface area contributed by atoms with Crippen molar-refractivity contribution < 1.29 is 19.5 Å². The van der Waals surface area contributed by atoms with Crippen molar-refractivity contribution in [2.45, 2.75) is 58.7 Å². The Bertz CT molecular complexity index is 496. The van der Waals surface area contributed by atoms with Crippen LogP contribution < -0.4 is 21.7 Å². The first-order valence-electron chi connectivity index (χ1n) is 9.37. The first kappa shape index (κ1) is 22.5. The van der Waals surface area contributed by atoms with E-state index in [4.69, 9.17) is 5.73 Å². The van der Waals surface area contributed by atoms with Crippen molar-refractivity contribution in [3.8, 4) is 0 Å². The predicted molar refractivity (Wildman–Crippen MR) is 99.2 cm³/mol. The van der Waals surface area contributed by atoms with E-state index >= 15 is 0 Å². The molecule has 0 aromatic heterocycles. The summed E-state index contributed by atoms with van der Waals surface area (Å²) in [5.41, 5.74) is 5.47. The van der Waals surface area contributed by atoms with Gasteiger partial charge in [-0.05, 0) is 51.6 Å². The summed E-state index contributed by atoms with van der Waals surface area (Å²) >= 11 is 0. The summed E-state index contributed by atoms with van der Waals surface area (Å²) in [5, 5.41) is 18.4. The topological polar surface area (TPSA) is 134 Å². The second-order valence-electron chi connectivity index (χ2n) is 7.63. The maximum atomic E-state index is 12.7. The number of ketones is 1. The van der Waals surface area contributed by atoms with Crippen molar-refractivity contribution in [3.63, 3.8) is 0 Å². The average Bonchev–Trinajstić information content (AvgIpc) is 2.98. The summed E-state index contributed by atoms with van der Waals surface area (Å²) in [6, 6.07) is -1.82. The van der Waals surface area contributed by atoms with Crippen LogP contribution in [-0.2, 0) is 14.4 Å². The van der Waals surface area contributed by atoms with Gasteiger partial charge in [0.05, 0.1) is 18.1 Å². The lowest BCUT2D eigenvalue weighted by atomic mass is 9.87. The number of Topliss-reactive ketones (excluding diaryl/α,β-unsaturated/α-hetero) is 1. The number of amides is 2. The highest BCUT2D eigenvalue weighted by atomic mass is 16.3. The van der Waals surface area contributed by atoms with E-state index in [0.29, 0.717) is 18.9 Å². The van der Waals surface area contributed by atoms with Crippen LogP contribution in [0, 0.1) is 17.8 Å². The molecule has 1 heterocycles. The third kappa shape index (κ3) is 6.66. The summed E-state index contributed by atoms with van der Waals surface area (Å²) in [6.07, 6.45) is 0.145. The molecule has 0 radical (unpaired) electrons. The van der Waals surface area contributed by atoms with Crippen LogP contribution in [0.5, 0.6) is 0 Å². The van der Waals surface area contributed by atoms with Gasteiger partial charge in [-0.3, -0.25) is 14.4 Å². The van der Waals surface area contributed by atoms with E-state index in [0.717, 1.165) is 13.0 Å². The fraction of sp³-hybridized carbons (Fsp3) is 0.833. The molecule has 1 rings (SSSR count). The highest BCUT2D eigenvalue weighted by Crippen LogP contribution is 2.24. The molecule has 8 nitrogen and oxygen atoms in total. The maximum absolute atomic E-state index is 12.7. The Kier molecular flexibility index (Phi) is 9.18. The fourth-order valence-electron chi connectivity index (χ4n) is 3.36. The van der Waals surface area contributed by atoms with Gasteiger partial charge in [0.25, 0.3) is 0 Å². The molecule has 1 aliphatic heterocycles. The van der Waals surface area contributed by atoms with Crippen molar-refractivity contribution >= 4 is 17.6 Å². The predicted octanol–water partition coefficient (Wildman–Crippen LogP) is -0.844. The van der Waals surface area contributed by atoms with Crippen LogP contribution in [0.3, 0.4) is 0 Å². The fourth-order valence-corrected chi connectivity index (χ4v) is 3.36. The van der Waals surface area contributed by atoms with Crippen LogP contribution in [0.15, 0.2) is 0 Å². The third-order valence-electron chi connectivity index (χ3n) is 4.78. The van der Waals surface area contributed by atoms with Crippen molar-refractivity contribution in [3.05, 3.63) is 0 Å². The molecule has 0 aromatic rings. The zero-order valence-corrected chi connectivity index (χ0v) is 16.2. The SMILES string of the molecule is CC(=O)[C@H](CCN)NC(=O)[C@@H](NC(=O)[C@@H]1CNC[C@H]1CC(C)C)[C@H](C)O. The standard InChI is InChI=1S/C18H34N4O4/c1-10(2)7-13-8-20-9-14(13)17(25)22-16(12(4)24)18(26)21-15(5-6-19)11(3)23/h10,12-16,20,24H,5-9,19H2,1-4H3,(H,21,26)(H,22,25)/t12-,13+,14+,15-,16-/m0/s1. The molecule has 0 saturated carbocycles. The third-order valence-corrected chi connectivity index (χ3v) is 4.78. The molecule has 0 spiro atoms. The highest BCUT2D eigenvalue weighted by molar-refractivity contribution is 5.92. The Balaban J connectivity index is 2.76. The zero-order valence-electron chi connectivity index (χ0n) is 16.2. The van der Waals surface area contributed by atoms with E-state index in [1.807, 2.05) is 0 Å². The summed E-state index contributed by atoms with van der Waals surface area (Å²) in [5.74, 6) is -0.600. The van der Waals surface area contributed by atoms with Crippen LogP contribution in [0.25, 0.3) is 0 Å². The van der Waals surface area contributed by atoms with E-state index < -0.39 is 24.1 Å². The largest absolute Gasteiger partial charge is 0.391 e. The van der Waals surface area contributed by atoms with Crippen LogP contribution in [0.4, 0.5) is 0 Å². The van der Waals surface area contributed by atoms with Crippen LogP contribution in [-0.4, -0.2) is 60.5 Å². The molecule has 6 N–H and O–H groups in total. The molecule has 1 aliphatic rings. The van der Waals surface area contributed by atoms with Gasteiger partial charge in [-0.15, -0.1) is 0 Å². The lowest BCUT2D eigenvalue weighted by Gasteiger charge is -2.26. The summed E-state index contributed by atoms with van der Waals surface area (Å²) in [4.78, 5) is 36.8. The number of hydrogen-bond donors (Lipinski definition) is 5. The molecular weight excluding hydrogens is 336 g/mol. The van der Waals surface area contributed by atoms with Crippen molar-refractivity contribution in [1.82, 2.24) is 16.0 Å². The van der Waals surface area contributed by atoms with Crippen molar-refractivity contribution in [2.75, 3.05) is 19.6 Å². The molecule has 1 fully saturated rings. The molecule has 0 bridgehead atoms. The Hall–Kier alpha value is -1.51. The molecule has 1 saturated heterocycles. The summed E-state index contributed by atoms with van der Waals surface area (Å²) in [7, 11) is 0. The first-order valence-corrected chi connectivity index (χ1v) is 9.37. The molecule has 26 heavy (non-hydrogen) atoms. The molecule has 0 aliphatic carbocycles. The van der Waals surface area contributed by atoms with Gasteiger partial charge in [-0.25, -0.2) is 0 Å². The number of hydrogen-bond acceptors (Lipinski definition) is 6. The molecule has 2 amide bonds. The van der Waals surface area contributed by atoms with E-state index in [9.17, 15) is 19.5 Å². The van der Waals surface area contributed by atoms with E-state index in [1.54, 1.807) is 0 Å². The lowest BCUT2D eigenvalue weighted by molar-refractivity contribution is -0.135. The monoisotopic (exact) mass is 370 g/mol. The van der Waals surface area contributed by atoms with Crippen LogP contribution >= 0.6 is 0 Å². The second kappa shape index (κ2) is 10.6. The molecule has 0 aromatic carbocycles. The number of aliphatic hydroxyl groups is 1. The van der Waals surface area contributed by atoms with Gasteiger partial charge in [-0.1, -0.05) is 13.8 Å². The summed E-state index contributed by atoms with van der Waals surface area (Å²) in [6.45, 7) is 8.61. The van der Waals surface area contributed by atoms with Crippen LogP contribution in [0.1, 0.15) is 40.5 Å². The number of nitrogens with two attached hydrogens (primary N) is 1. The van der Waals surface area contributed by atoms with Crippen LogP contribution in [0.2, 0.25) is 0 Å². The Morgan fingerprint density at radius 3 is 2.35 bits per heavy atom. The minimum atomic E-state index is -1.11. The number of aliphatic hydroxyl groups excluding tert-OH is 1. The number of rotatable bonds is 10. The Morgan fingerprint density at radius 1 is 1.19 bits per heavy atom. The van der Waals surface area contributed by atoms with Gasteiger partial charge in [-0.2, -0.15) is 0 Å². The number of carbonyl (C=O) groups is 3. The molecule has 150 valence electrons. The molecule has 8 heteroatoms. The quantitative estimate of drug-likeness (QED) is 0.340. The van der Waals surface area contributed by atoms with E-state index in [2.05, 4.69) is 29.8 Å².